The molecule has 1 radical (unpaired) electrons. The van der Waals surface area contributed by atoms with Gasteiger partial charge in [-0.05, 0) is 47.2 Å². The van der Waals surface area contributed by atoms with Crippen molar-refractivity contribution in [2.24, 2.45) is 0 Å². The van der Waals surface area contributed by atoms with E-state index in [1.807, 2.05) is 0 Å². The quantitative estimate of drug-likeness (QED) is 0.503. The second-order valence-corrected chi connectivity index (χ2v) is 3.77. The van der Waals surface area contributed by atoms with E-state index in [-0.39, 0.29) is 0 Å². The topological polar surface area (TPSA) is 0 Å². The molecule has 53 valence electrons. The van der Waals surface area contributed by atoms with Gasteiger partial charge in [-0.1, -0.05) is 23.2 Å². The maximum atomic E-state index is 5.79. The molecular formula is C7H4Cl2I. The number of hydrogen-bond donors (Lipinski definition) is 0. The fraction of sp³-hybridized carbons (Fsp3) is 0. The van der Waals surface area contributed by atoms with Crippen LogP contribution in [0.2, 0.25) is 10.0 Å². The molecule has 1 aromatic carbocycles. The van der Waals surface area contributed by atoms with Gasteiger partial charge in [0.25, 0.3) is 0 Å². The number of hydrogen-bond acceptors (Lipinski definition) is 0. The first-order chi connectivity index (χ1) is 4.61. The van der Waals surface area contributed by atoms with E-state index in [2.05, 4.69) is 29.5 Å². The molecule has 0 aliphatic heterocycles. The second-order valence-electron chi connectivity index (χ2n) is 1.87. The first kappa shape index (κ1) is 8.62. The minimum atomic E-state index is 0.665. The summed E-state index contributed by atoms with van der Waals surface area (Å²) in [4.78, 5) is 0. The molecule has 0 amide bonds. The molecule has 0 fully saturated rings. The molecule has 0 unspecified atom stereocenters. The van der Waals surface area contributed by atoms with Gasteiger partial charge in [0.15, 0.2) is 0 Å². The Hall–Kier alpha value is 0.530. The Morgan fingerprint density at radius 1 is 1.20 bits per heavy atom. The third-order valence-corrected chi connectivity index (χ3v) is 3.44. The van der Waals surface area contributed by atoms with Crippen LogP contribution < -0.4 is 0 Å². The maximum absolute atomic E-state index is 5.79. The van der Waals surface area contributed by atoms with Crippen LogP contribution in [0.5, 0.6) is 0 Å². The number of rotatable bonds is 0. The lowest BCUT2D eigenvalue weighted by Crippen LogP contribution is -1.78. The summed E-state index contributed by atoms with van der Waals surface area (Å²) >= 11 is 13.7. The van der Waals surface area contributed by atoms with E-state index >= 15 is 0 Å². The van der Waals surface area contributed by atoms with Crippen molar-refractivity contribution in [3.05, 3.63) is 38.2 Å². The molecule has 0 spiro atoms. The first-order valence-corrected chi connectivity index (χ1v) is 4.41. The lowest BCUT2D eigenvalue weighted by atomic mass is 10.2. The van der Waals surface area contributed by atoms with Gasteiger partial charge < -0.3 is 0 Å². The van der Waals surface area contributed by atoms with Crippen molar-refractivity contribution in [2.45, 2.75) is 0 Å². The molecule has 0 nitrogen and oxygen atoms in total. The van der Waals surface area contributed by atoms with Crippen LogP contribution in [0.25, 0.3) is 0 Å². The summed E-state index contributed by atoms with van der Waals surface area (Å²) < 4.78 is 0.883. The molecule has 0 saturated carbocycles. The van der Waals surface area contributed by atoms with Gasteiger partial charge in [-0.15, -0.1) is 0 Å². The highest BCUT2D eigenvalue weighted by atomic mass is 127. The zero-order valence-corrected chi connectivity index (χ0v) is 8.67. The second kappa shape index (κ2) is 3.28. The highest BCUT2D eigenvalue weighted by Gasteiger charge is 2.01. The molecule has 0 atom stereocenters. The number of halogens is 3. The summed E-state index contributed by atoms with van der Waals surface area (Å²) in [5.74, 6) is 0. The minimum absolute atomic E-state index is 0.665. The predicted octanol–water partition coefficient (Wildman–Crippen LogP) is 3.78. The molecule has 0 aliphatic carbocycles. The van der Waals surface area contributed by atoms with E-state index in [4.69, 9.17) is 23.2 Å². The average Bonchev–Trinajstić information content (AvgIpc) is 1.82. The van der Waals surface area contributed by atoms with Gasteiger partial charge in [-0.3, -0.25) is 0 Å². The van der Waals surface area contributed by atoms with Crippen LogP contribution in [0, 0.1) is 10.5 Å². The van der Waals surface area contributed by atoms with Crippen LogP contribution in [0.3, 0.4) is 0 Å². The Morgan fingerprint density at radius 2 is 1.60 bits per heavy atom. The molecule has 0 aromatic heterocycles. The van der Waals surface area contributed by atoms with Crippen molar-refractivity contribution in [3.8, 4) is 0 Å². The molecule has 3 heteroatoms. The lowest BCUT2D eigenvalue weighted by Gasteiger charge is -1.99. The predicted molar refractivity (Wildman–Crippen MR) is 53.6 cm³/mol. The van der Waals surface area contributed by atoms with E-state index in [0.717, 1.165) is 9.13 Å². The van der Waals surface area contributed by atoms with E-state index < -0.39 is 0 Å². The Bertz CT molecular complexity index is 235. The van der Waals surface area contributed by atoms with Gasteiger partial charge >= 0.3 is 0 Å². The van der Waals surface area contributed by atoms with Gasteiger partial charge in [-0.25, -0.2) is 0 Å². The number of benzene rings is 1. The standard InChI is InChI=1S/C7H4Cl2I/c1-4-2-5(8)7(10)6(9)3-4/h2-3H,1H2. The highest BCUT2D eigenvalue weighted by molar-refractivity contribution is 14.1. The van der Waals surface area contributed by atoms with Crippen LogP contribution in [0.15, 0.2) is 12.1 Å². The summed E-state index contributed by atoms with van der Waals surface area (Å²) in [5.41, 5.74) is 0.843. The van der Waals surface area contributed by atoms with Gasteiger partial charge in [0.1, 0.15) is 0 Å². The van der Waals surface area contributed by atoms with Crippen molar-refractivity contribution in [3.63, 3.8) is 0 Å². The van der Waals surface area contributed by atoms with Crippen molar-refractivity contribution in [2.75, 3.05) is 0 Å². The first-order valence-electron chi connectivity index (χ1n) is 2.58. The molecule has 1 rings (SSSR count). The van der Waals surface area contributed by atoms with Crippen molar-refractivity contribution in [1.29, 1.82) is 0 Å². The molecule has 0 heterocycles. The molecular weight excluding hydrogens is 282 g/mol. The fourth-order valence-corrected chi connectivity index (χ4v) is 1.45. The SMILES string of the molecule is [CH2]c1cc(Cl)c(I)c(Cl)c1. The zero-order chi connectivity index (χ0) is 7.72. The van der Waals surface area contributed by atoms with Gasteiger partial charge in [0, 0.05) is 0 Å². The summed E-state index contributed by atoms with van der Waals surface area (Å²) in [7, 11) is 0. The van der Waals surface area contributed by atoms with Crippen molar-refractivity contribution < 1.29 is 0 Å². The summed E-state index contributed by atoms with van der Waals surface area (Å²) in [6, 6.07) is 3.57. The highest BCUT2D eigenvalue weighted by Crippen LogP contribution is 2.27. The van der Waals surface area contributed by atoms with Crippen molar-refractivity contribution >= 4 is 45.8 Å². The Kier molecular flexibility index (Phi) is 2.83. The Labute approximate surface area is 83.7 Å². The van der Waals surface area contributed by atoms with Crippen molar-refractivity contribution in [1.82, 2.24) is 0 Å². The minimum Gasteiger partial charge on any atom is -0.0831 e. The van der Waals surface area contributed by atoms with Crippen LogP contribution in [0.1, 0.15) is 5.56 Å². The summed E-state index contributed by atoms with van der Waals surface area (Å²) in [6.45, 7) is 3.71. The molecule has 0 N–H and O–H groups in total. The third-order valence-electron chi connectivity index (χ3n) is 1.04. The lowest BCUT2D eigenvalue weighted by molar-refractivity contribution is 1.57. The summed E-state index contributed by atoms with van der Waals surface area (Å²) in [5, 5.41) is 1.33. The van der Waals surface area contributed by atoms with Gasteiger partial charge in [0.2, 0.25) is 0 Å². The third kappa shape index (κ3) is 1.77. The monoisotopic (exact) mass is 285 g/mol. The largest absolute Gasteiger partial charge is 0.0831 e. The molecule has 0 saturated heterocycles. The average molecular weight is 286 g/mol. The van der Waals surface area contributed by atoms with Gasteiger partial charge in [-0.2, -0.15) is 0 Å². The van der Waals surface area contributed by atoms with Crippen LogP contribution in [0.4, 0.5) is 0 Å². The Balaban J connectivity index is 3.31. The maximum Gasteiger partial charge on any atom is 0.0557 e. The molecule has 1 aromatic rings. The van der Waals surface area contributed by atoms with Gasteiger partial charge in [0.05, 0.1) is 13.6 Å². The van der Waals surface area contributed by atoms with Crippen LogP contribution in [-0.4, -0.2) is 0 Å². The van der Waals surface area contributed by atoms with E-state index in [9.17, 15) is 0 Å². The Morgan fingerprint density at radius 3 is 2.00 bits per heavy atom. The zero-order valence-electron chi connectivity index (χ0n) is 5.00. The van der Waals surface area contributed by atoms with Crippen LogP contribution in [-0.2, 0) is 0 Å². The fourth-order valence-electron chi connectivity index (χ4n) is 0.608. The molecule has 0 bridgehead atoms. The van der Waals surface area contributed by atoms with Crippen LogP contribution >= 0.6 is 45.8 Å². The molecule has 10 heavy (non-hydrogen) atoms. The van der Waals surface area contributed by atoms with E-state index in [1.54, 1.807) is 12.1 Å². The van der Waals surface area contributed by atoms with E-state index in [1.165, 1.54) is 0 Å². The normalized spacial score (nSPS) is 10.0. The summed E-state index contributed by atoms with van der Waals surface area (Å²) in [6.07, 6.45) is 0. The molecule has 0 aliphatic rings. The smallest absolute Gasteiger partial charge is 0.0557 e. The van der Waals surface area contributed by atoms with E-state index in [0.29, 0.717) is 10.0 Å².